The van der Waals surface area contributed by atoms with E-state index in [-0.39, 0.29) is 5.78 Å². The summed E-state index contributed by atoms with van der Waals surface area (Å²) < 4.78 is 9.73. The fourth-order valence-corrected chi connectivity index (χ4v) is 5.60. The summed E-state index contributed by atoms with van der Waals surface area (Å²) in [6.45, 7) is 7.92. The number of nitrogens with zero attached hydrogens (tertiary/aromatic N) is 4. The minimum Gasteiger partial charge on any atom is -0.451 e. The Balaban J connectivity index is 0.000000145. The maximum absolute atomic E-state index is 11.5. The number of Topliss-reactive ketones (excluding diaryl/α,β-unsaturated/α-hetero) is 1. The van der Waals surface area contributed by atoms with Gasteiger partial charge in [-0.15, -0.1) is 0 Å². The Morgan fingerprint density at radius 3 is 2.08 bits per heavy atom. The van der Waals surface area contributed by atoms with E-state index < -0.39 is 0 Å². The standard InChI is InChI=1S/C18H16N2O.C16H16N2O/c1-2-9-20-17-6-4-3-5-14(17)15-10-13(7-8-18(15)20)16-11-21-12-19-16;1-3-8-18-15-7-5-4-6-13(15)14-9-12(11(2)19)10-17-16(14)18/h3-8,10-12H,2,9H2,1H3;4-7,9-10H,3,8H2,1-2H3. The van der Waals surface area contributed by atoms with Crippen molar-refractivity contribution in [3.05, 3.63) is 97.2 Å². The molecule has 0 aliphatic carbocycles. The molecule has 0 unspecified atom stereocenters. The Labute approximate surface area is 232 Å². The van der Waals surface area contributed by atoms with Crippen molar-refractivity contribution in [1.29, 1.82) is 0 Å². The molecule has 0 amide bonds. The minimum absolute atomic E-state index is 0.0572. The number of aromatic nitrogens is 4. The van der Waals surface area contributed by atoms with Crippen molar-refractivity contribution in [2.24, 2.45) is 0 Å². The molecular formula is C34H32N4O2. The van der Waals surface area contributed by atoms with Crippen LogP contribution in [-0.2, 0) is 13.1 Å². The van der Waals surface area contributed by atoms with Gasteiger partial charge in [-0.25, -0.2) is 9.97 Å². The molecule has 4 heterocycles. The Bertz CT molecular complexity index is 1960. The van der Waals surface area contributed by atoms with E-state index in [2.05, 4.69) is 87.5 Å². The number of para-hydroxylation sites is 2. The van der Waals surface area contributed by atoms with Gasteiger partial charge >= 0.3 is 0 Å². The van der Waals surface area contributed by atoms with Crippen LogP contribution < -0.4 is 0 Å². The summed E-state index contributed by atoms with van der Waals surface area (Å²) in [7, 11) is 0. The third-order valence-electron chi connectivity index (χ3n) is 7.41. The summed E-state index contributed by atoms with van der Waals surface area (Å²) in [4.78, 5) is 20.3. The van der Waals surface area contributed by atoms with Crippen LogP contribution in [0, 0.1) is 0 Å². The third kappa shape index (κ3) is 4.45. The summed E-state index contributed by atoms with van der Waals surface area (Å²) in [5.74, 6) is 0.0572. The molecule has 0 spiro atoms. The normalized spacial score (nSPS) is 11.4. The number of benzene rings is 3. The molecule has 0 aliphatic heterocycles. The summed E-state index contributed by atoms with van der Waals surface area (Å²) in [5, 5.41) is 4.81. The summed E-state index contributed by atoms with van der Waals surface area (Å²) in [6.07, 6.45) is 7.02. The van der Waals surface area contributed by atoms with E-state index in [9.17, 15) is 4.79 Å². The quantitative estimate of drug-likeness (QED) is 0.203. The molecule has 7 aromatic rings. The van der Waals surface area contributed by atoms with E-state index in [0.29, 0.717) is 5.56 Å². The minimum atomic E-state index is 0.0572. The maximum Gasteiger partial charge on any atom is 0.181 e. The van der Waals surface area contributed by atoms with Crippen LogP contribution in [0.15, 0.2) is 96.1 Å². The van der Waals surface area contributed by atoms with Gasteiger partial charge in [0.05, 0.1) is 5.52 Å². The summed E-state index contributed by atoms with van der Waals surface area (Å²) >= 11 is 0. The summed E-state index contributed by atoms with van der Waals surface area (Å²) in [5.41, 5.74) is 7.38. The van der Waals surface area contributed by atoms with Crippen LogP contribution in [0.4, 0.5) is 0 Å². The van der Waals surface area contributed by atoms with Crippen LogP contribution in [0.1, 0.15) is 44.0 Å². The van der Waals surface area contributed by atoms with Crippen LogP contribution in [0.3, 0.4) is 0 Å². The monoisotopic (exact) mass is 528 g/mol. The van der Waals surface area contributed by atoms with E-state index in [4.69, 9.17) is 4.42 Å². The van der Waals surface area contributed by atoms with Gasteiger partial charge in [0.25, 0.3) is 0 Å². The first-order valence-corrected chi connectivity index (χ1v) is 13.9. The number of carbonyl (C=O) groups excluding carboxylic acids is 1. The number of ketones is 1. The third-order valence-corrected chi connectivity index (χ3v) is 7.41. The lowest BCUT2D eigenvalue weighted by atomic mass is 10.1. The lowest BCUT2D eigenvalue weighted by Crippen LogP contribution is -1.99. The van der Waals surface area contributed by atoms with E-state index in [1.54, 1.807) is 19.4 Å². The average Bonchev–Trinajstić information content (AvgIpc) is 3.71. The van der Waals surface area contributed by atoms with Crippen LogP contribution in [0.2, 0.25) is 0 Å². The number of hydrogen-bond acceptors (Lipinski definition) is 4. The lowest BCUT2D eigenvalue weighted by molar-refractivity contribution is 0.101. The number of pyridine rings is 1. The largest absolute Gasteiger partial charge is 0.451 e. The predicted octanol–water partition coefficient (Wildman–Crippen LogP) is 8.66. The van der Waals surface area contributed by atoms with Gasteiger partial charge in [0.1, 0.15) is 17.6 Å². The van der Waals surface area contributed by atoms with Gasteiger partial charge in [-0.05, 0) is 50.1 Å². The summed E-state index contributed by atoms with van der Waals surface area (Å²) in [6, 6.07) is 25.3. The maximum atomic E-state index is 11.5. The zero-order chi connectivity index (χ0) is 27.6. The molecule has 4 aromatic heterocycles. The zero-order valence-electron chi connectivity index (χ0n) is 23.1. The van der Waals surface area contributed by atoms with Crippen molar-refractivity contribution in [1.82, 2.24) is 19.1 Å². The number of oxazole rings is 1. The van der Waals surface area contributed by atoms with Gasteiger partial charge in [-0.3, -0.25) is 4.79 Å². The number of aryl methyl sites for hydroxylation is 2. The number of fused-ring (bicyclic) bond motifs is 6. The fourth-order valence-electron chi connectivity index (χ4n) is 5.60. The van der Waals surface area contributed by atoms with Gasteiger partial charge in [0.2, 0.25) is 0 Å². The van der Waals surface area contributed by atoms with Crippen molar-refractivity contribution >= 4 is 49.5 Å². The SMILES string of the molecule is CCCn1c2ccccc2c2cc(-c3cocn3)ccc21.CCCn1c2ccccc2c2cc(C(C)=O)cnc21. The zero-order valence-corrected chi connectivity index (χ0v) is 23.1. The molecule has 0 fully saturated rings. The molecule has 0 atom stereocenters. The van der Waals surface area contributed by atoms with Gasteiger partial charge in [-0.1, -0.05) is 56.3 Å². The highest BCUT2D eigenvalue weighted by Gasteiger charge is 2.13. The Morgan fingerprint density at radius 2 is 1.40 bits per heavy atom. The highest BCUT2D eigenvalue weighted by Crippen LogP contribution is 2.32. The second-order valence-corrected chi connectivity index (χ2v) is 10.1. The molecule has 0 N–H and O–H groups in total. The molecule has 0 aliphatic rings. The van der Waals surface area contributed by atoms with Crippen molar-refractivity contribution < 1.29 is 9.21 Å². The molecule has 0 bridgehead atoms. The van der Waals surface area contributed by atoms with Crippen molar-refractivity contribution in [2.45, 2.75) is 46.7 Å². The van der Waals surface area contributed by atoms with Crippen LogP contribution in [0.25, 0.3) is 55.0 Å². The van der Waals surface area contributed by atoms with E-state index in [1.165, 1.54) is 39.1 Å². The van der Waals surface area contributed by atoms with Crippen LogP contribution >= 0.6 is 0 Å². The number of carbonyl (C=O) groups is 1. The molecule has 7 rings (SSSR count). The van der Waals surface area contributed by atoms with Gasteiger partial charge < -0.3 is 13.6 Å². The first-order valence-electron chi connectivity index (χ1n) is 13.9. The van der Waals surface area contributed by atoms with Crippen molar-refractivity contribution in [2.75, 3.05) is 0 Å². The molecule has 0 saturated carbocycles. The van der Waals surface area contributed by atoms with E-state index in [1.807, 2.05) is 18.2 Å². The highest BCUT2D eigenvalue weighted by atomic mass is 16.3. The second kappa shape index (κ2) is 10.8. The fraction of sp³-hybridized carbons (Fsp3) is 0.206. The smallest absolute Gasteiger partial charge is 0.181 e. The second-order valence-electron chi connectivity index (χ2n) is 10.1. The molecule has 0 saturated heterocycles. The van der Waals surface area contributed by atoms with E-state index in [0.717, 1.165) is 48.2 Å². The Morgan fingerprint density at radius 1 is 0.750 bits per heavy atom. The van der Waals surface area contributed by atoms with Crippen molar-refractivity contribution in [3.8, 4) is 11.3 Å². The first kappa shape index (κ1) is 25.6. The van der Waals surface area contributed by atoms with Gasteiger partial charge in [0.15, 0.2) is 12.2 Å². The molecule has 6 nitrogen and oxygen atoms in total. The molecular weight excluding hydrogens is 496 g/mol. The Kier molecular flexibility index (Phi) is 6.91. The van der Waals surface area contributed by atoms with Crippen LogP contribution in [0.5, 0.6) is 0 Å². The molecule has 40 heavy (non-hydrogen) atoms. The van der Waals surface area contributed by atoms with Crippen molar-refractivity contribution in [3.63, 3.8) is 0 Å². The van der Waals surface area contributed by atoms with Crippen LogP contribution in [-0.4, -0.2) is 24.9 Å². The first-order chi connectivity index (χ1) is 19.6. The van der Waals surface area contributed by atoms with Gasteiger partial charge in [-0.2, -0.15) is 0 Å². The lowest BCUT2D eigenvalue weighted by Gasteiger charge is -2.05. The molecule has 6 heteroatoms. The van der Waals surface area contributed by atoms with E-state index >= 15 is 0 Å². The highest BCUT2D eigenvalue weighted by molar-refractivity contribution is 6.10. The number of hydrogen-bond donors (Lipinski definition) is 0. The number of rotatable bonds is 6. The molecule has 200 valence electrons. The predicted molar refractivity (Wildman–Crippen MR) is 163 cm³/mol. The van der Waals surface area contributed by atoms with Gasteiger partial charge in [0, 0.05) is 63.0 Å². The molecule has 0 radical (unpaired) electrons. The molecule has 3 aromatic carbocycles. The Hall–Kier alpha value is -4.71. The topological polar surface area (TPSA) is 65.8 Å². The average molecular weight is 529 g/mol.